The van der Waals surface area contributed by atoms with Crippen LogP contribution in [0.4, 0.5) is 0 Å². The van der Waals surface area contributed by atoms with E-state index in [1.165, 1.54) is 6.07 Å². The van der Waals surface area contributed by atoms with Crippen molar-refractivity contribution >= 4 is 34.4 Å². The van der Waals surface area contributed by atoms with Crippen LogP contribution in [0.2, 0.25) is 5.02 Å². The summed E-state index contributed by atoms with van der Waals surface area (Å²) in [4.78, 5) is 40.2. The van der Waals surface area contributed by atoms with Gasteiger partial charge in [-0.3, -0.25) is 9.59 Å². The van der Waals surface area contributed by atoms with Crippen LogP contribution in [0, 0.1) is 0 Å². The van der Waals surface area contributed by atoms with Crippen LogP contribution in [0.3, 0.4) is 0 Å². The summed E-state index contributed by atoms with van der Waals surface area (Å²) in [7, 11) is 0. The Bertz CT molecular complexity index is 1140. The fourth-order valence-electron chi connectivity index (χ4n) is 3.03. The highest BCUT2D eigenvalue weighted by molar-refractivity contribution is 6.30. The maximum Gasteiger partial charge on any atom is 0.329 e. The Kier molecular flexibility index (Phi) is 7.03. The molecule has 0 saturated carbocycles. The van der Waals surface area contributed by atoms with E-state index < -0.39 is 17.9 Å². The summed E-state index contributed by atoms with van der Waals surface area (Å²) < 4.78 is 5.27. The van der Waals surface area contributed by atoms with Crippen molar-refractivity contribution in [1.29, 1.82) is 0 Å². The van der Waals surface area contributed by atoms with Crippen LogP contribution in [0.1, 0.15) is 22.8 Å². The summed E-state index contributed by atoms with van der Waals surface area (Å²) in [6.45, 7) is 1.91. The van der Waals surface area contributed by atoms with E-state index in [2.05, 4.69) is 10.3 Å². The number of amides is 1. The van der Waals surface area contributed by atoms with Crippen molar-refractivity contribution in [2.24, 2.45) is 0 Å². The van der Waals surface area contributed by atoms with E-state index in [1.807, 2.05) is 25.1 Å². The topological polar surface area (TPSA) is 88.3 Å². The lowest BCUT2D eigenvalue weighted by Gasteiger charge is -2.18. The van der Waals surface area contributed by atoms with Crippen LogP contribution < -0.4 is 10.9 Å². The first kappa shape index (κ1) is 21.3. The van der Waals surface area contributed by atoms with Crippen LogP contribution >= 0.6 is 11.6 Å². The number of benzene rings is 2. The summed E-state index contributed by atoms with van der Waals surface area (Å²) in [5.74, 6) is -1.02. The molecule has 30 heavy (non-hydrogen) atoms. The van der Waals surface area contributed by atoms with Gasteiger partial charge >= 0.3 is 5.97 Å². The zero-order valence-corrected chi connectivity index (χ0v) is 17.1. The van der Waals surface area contributed by atoms with E-state index in [9.17, 15) is 14.4 Å². The van der Waals surface area contributed by atoms with Crippen molar-refractivity contribution in [3.8, 4) is 0 Å². The number of ether oxygens (including phenoxy) is 1. The Hall–Kier alpha value is -3.38. The number of H-pyrrole nitrogens is 1. The first-order chi connectivity index (χ1) is 14.5. The van der Waals surface area contributed by atoms with Crippen LogP contribution in [0.25, 0.3) is 10.9 Å². The highest BCUT2D eigenvalue weighted by Gasteiger charge is 2.24. The number of carbonyl (C=O) groups excluding carboxylic acids is 2. The highest BCUT2D eigenvalue weighted by atomic mass is 35.5. The number of esters is 1. The molecular weight excluding hydrogens is 404 g/mol. The van der Waals surface area contributed by atoms with Gasteiger partial charge in [0.25, 0.3) is 5.91 Å². The zero-order valence-electron chi connectivity index (χ0n) is 16.4. The summed E-state index contributed by atoms with van der Waals surface area (Å²) in [6.07, 6.45) is 3.57. The second kappa shape index (κ2) is 9.89. The Morgan fingerprint density at radius 1 is 1.17 bits per heavy atom. The molecule has 0 aliphatic carbocycles. The lowest BCUT2D eigenvalue weighted by Crippen LogP contribution is -2.43. The smallest absolute Gasteiger partial charge is 0.329 e. The minimum atomic E-state index is -0.969. The van der Waals surface area contributed by atoms with E-state index in [0.717, 1.165) is 5.39 Å². The third-order valence-electron chi connectivity index (χ3n) is 4.51. The van der Waals surface area contributed by atoms with E-state index in [1.54, 1.807) is 42.5 Å². The fraction of sp³-hybridized carbons (Fsp3) is 0.174. The Labute approximate surface area is 178 Å². The van der Waals surface area contributed by atoms with E-state index in [-0.39, 0.29) is 18.6 Å². The minimum Gasteiger partial charge on any atom is -0.460 e. The zero-order chi connectivity index (χ0) is 21.5. The van der Waals surface area contributed by atoms with Crippen molar-refractivity contribution in [1.82, 2.24) is 10.3 Å². The number of nitrogens with one attached hydrogen (secondary N) is 2. The quantitative estimate of drug-likeness (QED) is 0.447. The summed E-state index contributed by atoms with van der Waals surface area (Å²) in [5.41, 5.74) is 1.37. The maximum absolute atomic E-state index is 12.7. The van der Waals surface area contributed by atoms with E-state index in [4.69, 9.17) is 16.3 Å². The second-order valence-corrected chi connectivity index (χ2v) is 7.08. The molecule has 0 fully saturated rings. The molecule has 7 heteroatoms. The second-order valence-electron chi connectivity index (χ2n) is 6.64. The Balaban J connectivity index is 1.89. The van der Waals surface area contributed by atoms with Gasteiger partial charge in [-0.15, -0.1) is 0 Å². The molecule has 0 aliphatic rings. The van der Waals surface area contributed by atoms with Gasteiger partial charge in [0.05, 0.1) is 0 Å². The molecule has 0 bridgehead atoms. The van der Waals surface area contributed by atoms with Crippen molar-refractivity contribution in [2.75, 3.05) is 6.61 Å². The Morgan fingerprint density at radius 2 is 1.90 bits per heavy atom. The molecule has 1 unspecified atom stereocenters. The first-order valence-electron chi connectivity index (χ1n) is 9.43. The molecule has 3 aromatic rings. The number of hydrogen-bond acceptors (Lipinski definition) is 4. The summed E-state index contributed by atoms with van der Waals surface area (Å²) in [6, 6.07) is 14.1. The fourth-order valence-corrected chi connectivity index (χ4v) is 3.15. The molecule has 3 rings (SSSR count). The highest BCUT2D eigenvalue weighted by Crippen LogP contribution is 2.17. The number of halogens is 1. The third kappa shape index (κ3) is 5.36. The van der Waals surface area contributed by atoms with Gasteiger partial charge in [-0.05, 0) is 42.8 Å². The molecule has 0 radical (unpaired) electrons. The number of pyridine rings is 1. The third-order valence-corrected chi connectivity index (χ3v) is 4.77. The minimum absolute atomic E-state index is 0.0960. The number of carbonyl (C=O) groups is 2. The molecule has 1 atom stereocenters. The largest absolute Gasteiger partial charge is 0.460 e. The number of aromatic nitrogens is 1. The number of fused-ring (bicyclic) bond motifs is 1. The summed E-state index contributed by atoms with van der Waals surface area (Å²) >= 11 is 5.88. The molecule has 154 valence electrons. The van der Waals surface area contributed by atoms with Gasteiger partial charge in [0.1, 0.15) is 12.6 Å². The molecule has 0 spiro atoms. The Morgan fingerprint density at radius 3 is 2.63 bits per heavy atom. The number of para-hydroxylation sites is 1. The molecule has 0 saturated heterocycles. The molecule has 1 aromatic heterocycles. The number of allylic oxidation sites excluding steroid dienone is 1. The van der Waals surface area contributed by atoms with E-state index in [0.29, 0.717) is 21.7 Å². The molecule has 1 heterocycles. The summed E-state index contributed by atoms with van der Waals surface area (Å²) in [5, 5.41) is 4.02. The van der Waals surface area contributed by atoms with Gasteiger partial charge in [0, 0.05) is 34.0 Å². The lowest BCUT2D eigenvalue weighted by atomic mass is 10.0. The predicted molar refractivity (Wildman–Crippen MR) is 117 cm³/mol. The number of aromatic amines is 1. The van der Waals surface area contributed by atoms with Crippen LogP contribution in [-0.2, 0) is 16.0 Å². The van der Waals surface area contributed by atoms with Crippen LogP contribution in [0.15, 0.2) is 71.5 Å². The van der Waals surface area contributed by atoms with Gasteiger partial charge < -0.3 is 15.0 Å². The van der Waals surface area contributed by atoms with Crippen molar-refractivity contribution in [3.63, 3.8) is 0 Å². The standard InChI is InChI=1S/C23H21ClN2O4/c1-2-3-12-30-23(29)20(26-22(28)15-8-10-17(24)11-9-15)13-16-14-21(27)25-19-7-5-4-6-18(16)19/h2-11,14,20H,12-13H2,1H3,(H,25,27)(H,26,28). The number of hydrogen-bond donors (Lipinski definition) is 2. The number of rotatable bonds is 7. The van der Waals surface area contributed by atoms with Crippen molar-refractivity contribution < 1.29 is 14.3 Å². The van der Waals surface area contributed by atoms with Crippen LogP contribution in [-0.4, -0.2) is 29.5 Å². The average molecular weight is 425 g/mol. The molecule has 1 amide bonds. The van der Waals surface area contributed by atoms with Gasteiger partial charge in [-0.25, -0.2) is 4.79 Å². The van der Waals surface area contributed by atoms with Gasteiger partial charge in [-0.2, -0.15) is 0 Å². The van der Waals surface area contributed by atoms with Crippen LogP contribution in [0.5, 0.6) is 0 Å². The average Bonchev–Trinajstić information content (AvgIpc) is 2.73. The van der Waals surface area contributed by atoms with E-state index >= 15 is 0 Å². The maximum atomic E-state index is 12.7. The molecule has 2 N–H and O–H groups in total. The van der Waals surface area contributed by atoms with Crippen molar-refractivity contribution in [2.45, 2.75) is 19.4 Å². The first-order valence-corrected chi connectivity index (χ1v) is 9.81. The molecule has 6 nitrogen and oxygen atoms in total. The van der Waals surface area contributed by atoms with Gasteiger partial charge in [0.2, 0.25) is 5.56 Å². The van der Waals surface area contributed by atoms with Gasteiger partial charge in [0.15, 0.2) is 0 Å². The van der Waals surface area contributed by atoms with Crippen molar-refractivity contribution in [3.05, 3.63) is 93.3 Å². The SMILES string of the molecule is CC=CCOC(=O)C(Cc1cc(=O)[nH]c2ccccc12)NC(=O)c1ccc(Cl)cc1. The van der Waals surface area contributed by atoms with Gasteiger partial charge in [-0.1, -0.05) is 42.0 Å². The molecular formula is C23H21ClN2O4. The normalized spacial score (nSPS) is 12.1. The molecule has 2 aromatic carbocycles. The monoisotopic (exact) mass is 424 g/mol. The molecule has 0 aliphatic heterocycles. The predicted octanol–water partition coefficient (Wildman–Crippen LogP) is 3.64. The lowest BCUT2D eigenvalue weighted by molar-refractivity contribution is -0.144.